The minimum absolute atomic E-state index is 0.629. The van der Waals surface area contributed by atoms with Crippen molar-refractivity contribution in [3.63, 3.8) is 0 Å². The molecule has 1 atom stereocenters. The van der Waals surface area contributed by atoms with E-state index in [4.69, 9.17) is 9.47 Å². The van der Waals surface area contributed by atoms with Crippen LogP contribution in [0.1, 0.15) is 41.7 Å². The van der Waals surface area contributed by atoms with Gasteiger partial charge in [-0.1, -0.05) is 43.3 Å². The van der Waals surface area contributed by atoms with Gasteiger partial charge in [-0.25, -0.2) is 0 Å². The topological polar surface area (TPSA) is 38.7 Å². The third-order valence-electron chi connectivity index (χ3n) is 3.74. The maximum absolute atomic E-state index is 10.7. The van der Waals surface area contributed by atoms with Gasteiger partial charge in [-0.3, -0.25) is 0 Å². The lowest BCUT2D eigenvalue weighted by atomic mass is 9.97. The van der Waals surface area contributed by atoms with Crippen molar-refractivity contribution in [2.24, 2.45) is 0 Å². The molecule has 3 rings (SSSR count). The van der Waals surface area contributed by atoms with E-state index in [1.54, 1.807) is 0 Å². The molecule has 0 fully saturated rings. The summed E-state index contributed by atoms with van der Waals surface area (Å²) in [7, 11) is 0. The van der Waals surface area contributed by atoms with E-state index in [2.05, 4.69) is 6.92 Å². The van der Waals surface area contributed by atoms with Gasteiger partial charge < -0.3 is 14.6 Å². The number of fused-ring (bicyclic) bond motifs is 1. The van der Waals surface area contributed by atoms with E-state index >= 15 is 0 Å². The molecule has 3 heteroatoms. The van der Waals surface area contributed by atoms with Crippen molar-refractivity contribution in [3.05, 3.63) is 64.7 Å². The van der Waals surface area contributed by atoms with Gasteiger partial charge in [0.05, 0.1) is 19.8 Å². The molecular formula is C18H20O3. The predicted octanol–water partition coefficient (Wildman–Crippen LogP) is 3.59. The van der Waals surface area contributed by atoms with Gasteiger partial charge in [0.1, 0.15) is 11.9 Å². The first-order valence-electron chi connectivity index (χ1n) is 7.39. The molecule has 2 aromatic carbocycles. The molecule has 0 radical (unpaired) electrons. The fourth-order valence-corrected chi connectivity index (χ4v) is 2.59. The molecular weight excluding hydrogens is 264 g/mol. The van der Waals surface area contributed by atoms with E-state index in [1.807, 2.05) is 42.5 Å². The number of aliphatic hydroxyl groups excluding tert-OH is 1. The van der Waals surface area contributed by atoms with Crippen molar-refractivity contribution < 1.29 is 14.6 Å². The number of benzene rings is 2. The molecule has 21 heavy (non-hydrogen) atoms. The van der Waals surface area contributed by atoms with E-state index in [0.717, 1.165) is 23.3 Å². The second-order valence-electron chi connectivity index (χ2n) is 5.31. The number of para-hydroxylation sites is 1. The fourth-order valence-electron chi connectivity index (χ4n) is 2.59. The van der Waals surface area contributed by atoms with Crippen LogP contribution in [0.3, 0.4) is 0 Å². The van der Waals surface area contributed by atoms with Crippen molar-refractivity contribution in [2.45, 2.75) is 32.7 Å². The molecule has 0 aromatic heterocycles. The standard InChI is InChI=1S/C18H20O3/c1-2-9-21-17-6-4-3-5-16(17)18(19)13-7-8-14-11-20-12-15(14)10-13/h3-8,10,18-19H,2,9,11-12H2,1H3. The molecule has 0 saturated heterocycles. The molecule has 1 aliphatic heterocycles. The molecule has 2 aromatic rings. The van der Waals surface area contributed by atoms with Gasteiger partial charge in [-0.15, -0.1) is 0 Å². The zero-order valence-corrected chi connectivity index (χ0v) is 12.2. The molecule has 0 saturated carbocycles. The monoisotopic (exact) mass is 284 g/mol. The zero-order valence-electron chi connectivity index (χ0n) is 12.2. The second kappa shape index (κ2) is 6.29. The average Bonchev–Trinajstić information content (AvgIpc) is 3.00. The number of aliphatic hydroxyl groups is 1. The number of hydrogen-bond donors (Lipinski definition) is 1. The van der Waals surface area contributed by atoms with E-state index < -0.39 is 6.10 Å². The first kappa shape index (κ1) is 14.1. The molecule has 110 valence electrons. The summed E-state index contributed by atoms with van der Waals surface area (Å²) in [6.45, 7) is 4.02. The SMILES string of the molecule is CCCOc1ccccc1C(O)c1ccc2c(c1)COC2. The normalized spacial score (nSPS) is 14.8. The van der Waals surface area contributed by atoms with Gasteiger partial charge >= 0.3 is 0 Å². The molecule has 1 heterocycles. The van der Waals surface area contributed by atoms with Gasteiger partial charge in [0.15, 0.2) is 0 Å². The van der Waals surface area contributed by atoms with Crippen LogP contribution in [0.15, 0.2) is 42.5 Å². The Morgan fingerprint density at radius 2 is 1.95 bits per heavy atom. The summed E-state index contributed by atoms with van der Waals surface area (Å²) in [5, 5.41) is 10.7. The highest BCUT2D eigenvalue weighted by Gasteiger charge is 2.18. The zero-order chi connectivity index (χ0) is 14.7. The predicted molar refractivity (Wildman–Crippen MR) is 81.2 cm³/mol. The van der Waals surface area contributed by atoms with Crippen LogP contribution in [-0.4, -0.2) is 11.7 Å². The van der Waals surface area contributed by atoms with Crippen LogP contribution in [0.2, 0.25) is 0 Å². The molecule has 0 aliphatic carbocycles. The Hall–Kier alpha value is -1.84. The lowest BCUT2D eigenvalue weighted by molar-refractivity contribution is 0.134. The van der Waals surface area contributed by atoms with E-state index in [-0.39, 0.29) is 0 Å². The minimum Gasteiger partial charge on any atom is -0.493 e. The molecule has 3 nitrogen and oxygen atoms in total. The minimum atomic E-state index is -0.677. The molecule has 1 unspecified atom stereocenters. The summed E-state index contributed by atoms with van der Waals surface area (Å²) in [4.78, 5) is 0. The summed E-state index contributed by atoms with van der Waals surface area (Å²) in [5.74, 6) is 0.753. The Morgan fingerprint density at radius 1 is 1.14 bits per heavy atom. The highest BCUT2D eigenvalue weighted by Crippen LogP contribution is 2.32. The van der Waals surface area contributed by atoms with Crippen molar-refractivity contribution in [3.8, 4) is 5.75 Å². The largest absolute Gasteiger partial charge is 0.493 e. The van der Waals surface area contributed by atoms with E-state index in [1.165, 1.54) is 11.1 Å². The van der Waals surface area contributed by atoms with Gasteiger partial charge in [0, 0.05) is 5.56 Å². The Balaban J connectivity index is 1.89. The number of ether oxygens (including phenoxy) is 2. The first-order valence-corrected chi connectivity index (χ1v) is 7.39. The highest BCUT2D eigenvalue weighted by atomic mass is 16.5. The third-order valence-corrected chi connectivity index (χ3v) is 3.74. The Bertz CT molecular complexity index is 622. The van der Waals surface area contributed by atoms with Gasteiger partial charge in [-0.05, 0) is 29.2 Å². The Labute approximate surface area is 125 Å². The number of rotatable bonds is 5. The second-order valence-corrected chi connectivity index (χ2v) is 5.31. The van der Waals surface area contributed by atoms with Gasteiger partial charge in [0.25, 0.3) is 0 Å². The van der Waals surface area contributed by atoms with Crippen LogP contribution in [0, 0.1) is 0 Å². The van der Waals surface area contributed by atoms with Gasteiger partial charge in [-0.2, -0.15) is 0 Å². The summed E-state index contributed by atoms with van der Waals surface area (Å²) < 4.78 is 11.2. The summed E-state index contributed by atoms with van der Waals surface area (Å²) in [6, 6.07) is 13.7. The lowest BCUT2D eigenvalue weighted by Gasteiger charge is -2.17. The third kappa shape index (κ3) is 2.94. The Morgan fingerprint density at radius 3 is 2.81 bits per heavy atom. The van der Waals surface area contributed by atoms with E-state index in [9.17, 15) is 5.11 Å². The average molecular weight is 284 g/mol. The molecule has 1 N–H and O–H groups in total. The first-order chi connectivity index (χ1) is 10.3. The van der Waals surface area contributed by atoms with Crippen LogP contribution in [0.5, 0.6) is 5.75 Å². The van der Waals surface area contributed by atoms with Crippen LogP contribution < -0.4 is 4.74 Å². The maximum Gasteiger partial charge on any atom is 0.125 e. The summed E-state index contributed by atoms with van der Waals surface area (Å²) >= 11 is 0. The smallest absolute Gasteiger partial charge is 0.125 e. The lowest BCUT2D eigenvalue weighted by Crippen LogP contribution is -2.05. The van der Waals surface area contributed by atoms with Crippen LogP contribution in [0.25, 0.3) is 0 Å². The van der Waals surface area contributed by atoms with Gasteiger partial charge in [0.2, 0.25) is 0 Å². The van der Waals surface area contributed by atoms with Crippen LogP contribution in [0.4, 0.5) is 0 Å². The number of hydrogen-bond acceptors (Lipinski definition) is 3. The molecule has 0 amide bonds. The molecule has 0 bridgehead atoms. The highest BCUT2D eigenvalue weighted by molar-refractivity contribution is 5.43. The van der Waals surface area contributed by atoms with E-state index in [0.29, 0.717) is 19.8 Å². The maximum atomic E-state index is 10.7. The quantitative estimate of drug-likeness (QED) is 0.912. The molecule has 1 aliphatic rings. The summed E-state index contributed by atoms with van der Waals surface area (Å²) in [6.07, 6.45) is 0.268. The Kier molecular flexibility index (Phi) is 4.23. The van der Waals surface area contributed by atoms with Crippen LogP contribution >= 0.6 is 0 Å². The van der Waals surface area contributed by atoms with Crippen molar-refractivity contribution in [1.82, 2.24) is 0 Å². The van der Waals surface area contributed by atoms with Crippen molar-refractivity contribution >= 4 is 0 Å². The molecule has 0 spiro atoms. The van der Waals surface area contributed by atoms with Crippen molar-refractivity contribution in [1.29, 1.82) is 0 Å². The fraction of sp³-hybridized carbons (Fsp3) is 0.333. The van der Waals surface area contributed by atoms with Crippen molar-refractivity contribution in [2.75, 3.05) is 6.61 Å². The summed E-state index contributed by atoms with van der Waals surface area (Å²) in [5.41, 5.74) is 4.07. The van der Waals surface area contributed by atoms with Crippen LogP contribution in [-0.2, 0) is 18.0 Å².